The molecule has 7 amide bonds. The maximum Gasteiger partial charge on any atom is 0.319 e. The van der Waals surface area contributed by atoms with Gasteiger partial charge in [0.15, 0.2) is 6.61 Å². The first-order valence-corrected chi connectivity index (χ1v) is 19.5. The van der Waals surface area contributed by atoms with E-state index in [1.54, 1.807) is 36.0 Å². The summed E-state index contributed by atoms with van der Waals surface area (Å²) < 4.78 is 11.2. The molecule has 15 heteroatoms. The van der Waals surface area contributed by atoms with E-state index in [0.717, 1.165) is 11.1 Å². The van der Waals surface area contributed by atoms with Gasteiger partial charge in [-0.15, -0.1) is 0 Å². The zero-order valence-corrected chi connectivity index (χ0v) is 33.2. The van der Waals surface area contributed by atoms with Gasteiger partial charge in [0.2, 0.25) is 23.6 Å². The molecule has 3 aliphatic rings. The van der Waals surface area contributed by atoms with Crippen molar-refractivity contribution in [3.8, 4) is 5.75 Å². The van der Waals surface area contributed by atoms with Crippen molar-refractivity contribution >= 4 is 35.6 Å². The Morgan fingerprint density at radius 1 is 0.893 bits per heavy atom. The molecule has 3 aliphatic heterocycles. The van der Waals surface area contributed by atoms with Gasteiger partial charge in [-0.2, -0.15) is 0 Å². The van der Waals surface area contributed by atoms with Gasteiger partial charge in [0.1, 0.15) is 17.8 Å². The van der Waals surface area contributed by atoms with Gasteiger partial charge < -0.3 is 45.0 Å². The van der Waals surface area contributed by atoms with Gasteiger partial charge in [-0.3, -0.25) is 24.0 Å². The maximum absolute atomic E-state index is 14.3. The highest BCUT2D eigenvalue weighted by Crippen LogP contribution is 2.32. The van der Waals surface area contributed by atoms with Gasteiger partial charge in [-0.25, -0.2) is 4.79 Å². The summed E-state index contributed by atoms with van der Waals surface area (Å²) in [5.74, 6) is -2.07. The number of methoxy groups -OCH3 is 1. The largest absolute Gasteiger partial charge is 0.484 e. The topological polar surface area (TPSA) is 170 Å². The molecule has 0 aliphatic carbocycles. The summed E-state index contributed by atoms with van der Waals surface area (Å²) in [6.07, 6.45) is 1.59. The highest BCUT2D eigenvalue weighted by Gasteiger charge is 2.41. The third-order valence-electron chi connectivity index (χ3n) is 10.6. The highest BCUT2D eigenvalue weighted by atomic mass is 16.5. The lowest BCUT2D eigenvalue weighted by Gasteiger charge is -2.34. The van der Waals surface area contributed by atoms with Crippen LogP contribution in [0.15, 0.2) is 54.6 Å². The van der Waals surface area contributed by atoms with Crippen LogP contribution in [0.4, 0.5) is 4.79 Å². The van der Waals surface area contributed by atoms with E-state index in [0.29, 0.717) is 44.6 Å². The molecule has 56 heavy (non-hydrogen) atoms. The summed E-state index contributed by atoms with van der Waals surface area (Å²) in [4.78, 5) is 88.4. The molecule has 2 fully saturated rings. The second-order valence-electron chi connectivity index (χ2n) is 15.6. The molecule has 304 valence electrons. The van der Waals surface area contributed by atoms with Crippen molar-refractivity contribution in [3.63, 3.8) is 0 Å². The van der Waals surface area contributed by atoms with E-state index in [4.69, 9.17) is 9.47 Å². The van der Waals surface area contributed by atoms with Gasteiger partial charge in [-0.1, -0.05) is 56.3 Å². The van der Waals surface area contributed by atoms with Crippen LogP contribution in [0.1, 0.15) is 50.2 Å². The van der Waals surface area contributed by atoms with E-state index in [-0.39, 0.29) is 69.0 Å². The fraction of sp³-hybridized carbons (Fsp3) is 0.561. The van der Waals surface area contributed by atoms with Gasteiger partial charge in [0.25, 0.3) is 5.91 Å². The standard InChI is InChI=1S/C41H57N7O8/c1-27(2)20-34-40(53)47(18-19-55-5)25-36(49)42-33(21-28-10-7-6-8-11-28)38(51)44-35-24-48(39(52)29-14-16-46(17-15-29)41(54)45(3)4)23-32(35)30-12-9-13-31(22-30)56-26-37(50)43-34/h6-13,22,27,29,32-35H,14-21,23-26H2,1-5H3,(H,42,49)(H,43,50)(H,44,51)/t32-,33-,34+,35+/m0/s1. The minimum Gasteiger partial charge on any atom is -0.484 e. The number of likely N-dealkylation sites (tertiary alicyclic amines) is 2. The zero-order chi connectivity index (χ0) is 40.4. The van der Waals surface area contributed by atoms with Crippen LogP contribution < -0.4 is 20.7 Å². The van der Waals surface area contributed by atoms with Crippen LogP contribution in [-0.4, -0.2) is 147 Å². The number of urea groups is 1. The molecule has 2 aromatic carbocycles. The zero-order valence-electron chi connectivity index (χ0n) is 33.2. The third-order valence-corrected chi connectivity index (χ3v) is 10.6. The molecule has 0 unspecified atom stereocenters. The Kier molecular flexibility index (Phi) is 14.7. The quantitative estimate of drug-likeness (QED) is 0.364. The predicted octanol–water partition coefficient (Wildman–Crippen LogP) is 1.62. The minimum absolute atomic E-state index is 0.0305. The molecule has 0 spiro atoms. The van der Waals surface area contributed by atoms with Gasteiger partial charge in [-0.05, 0) is 48.4 Å². The lowest BCUT2D eigenvalue weighted by molar-refractivity contribution is -0.141. The highest BCUT2D eigenvalue weighted by molar-refractivity contribution is 5.93. The molecule has 15 nitrogen and oxygen atoms in total. The Morgan fingerprint density at radius 3 is 2.29 bits per heavy atom. The maximum atomic E-state index is 14.3. The number of amides is 7. The van der Waals surface area contributed by atoms with Crippen LogP contribution in [0.2, 0.25) is 0 Å². The summed E-state index contributed by atoms with van der Waals surface area (Å²) in [5.41, 5.74) is 1.63. The summed E-state index contributed by atoms with van der Waals surface area (Å²) in [6.45, 7) is 4.93. The van der Waals surface area contributed by atoms with Crippen molar-refractivity contribution in [1.29, 1.82) is 0 Å². The Labute approximate surface area is 329 Å². The molecule has 2 aromatic rings. The van der Waals surface area contributed by atoms with E-state index in [2.05, 4.69) is 16.0 Å². The Bertz CT molecular complexity index is 1700. The van der Waals surface area contributed by atoms with Gasteiger partial charge >= 0.3 is 6.03 Å². The minimum atomic E-state index is -1.01. The first kappa shape index (κ1) is 42.0. The molecular formula is C41H57N7O8. The molecule has 2 bridgehead atoms. The number of carbonyl (C=O) groups is 6. The summed E-state index contributed by atoms with van der Waals surface area (Å²) >= 11 is 0. The fourth-order valence-electron chi connectivity index (χ4n) is 7.68. The van der Waals surface area contributed by atoms with Crippen molar-refractivity contribution in [2.75, 3.05) is 73.7 Å². The SMILES string of the molecule is COCCN1CC(=O)N[C@@H](Cc2ccccc2)C(=O)N[C@@H]2CN(C(=O)C3CCN(C(=O)N(C)C)CC3)C[C@H]2c2cccc(c2)OCC(=O)N[C@H](CC(C)C)C1=O. The van der Waals surface area contributed by atoms with Crippen LogP contribution in [0.3, 0.4) is 0 Å². The average Bonchev–Trinajstić information content (AvgIpc) is 3.61. The van der Waals surface area contributed by atoms with Crippen LogP contribution in [0.25, 0.3) is 0 Å². The monoisotopic (exact) mass is 775 g/mol. The number of rotatable bonds is 8. The van der Waals surface area contributed by atoms with Crippen molar-refractivity contribution in [1.82, 2.24) is 35.6 Å². The predicted molar refractivity (Wildman–Crippen MR) is 208 cm³/mol. The molecule has 0 aromatic heterocycles. The molecule has 5 rings (SSSR count). The van der Waals surface area contributed by atoms with E-state index in [1.807, 2.05) is 56.3 Å². The second-order valence-corrected chi connectivity index (χ2v) is 15.6. The number of nitrogens with one attached hydrogen (secondary N) is 3. The third kappa shape index (κ3) is 11.2. The van der Waals surface area contributed by atoms with Crippen LogP contribution >= 0.6 is 0 Å². The van der Waals surface area contributed by atoms with E-state index >= 15 is 0 Å². The van der Waals surface area contributed by atoms with Gasteiger partial charge in [0, 0.05) is 72.2 Å². The lowest BCUT2D eigenvalue weighted by atomic mass is 9.93. The summed E-state index contributed by atoms with van der Waals surface area (Å²) in [6, 6.07) is 14.1. The van der Waals surface area contributed by atoms with Crippen molar-refractivity contribution < 1.29 is 38.2 Å². The Balaban J connectivity index is 1.45. The molecule has 4 atom stereocenters. The van der Waals surface area contributed by atoms with Crippen molar-refractivity contribution in [3.05, 3.63) is 65.7 Å². The number of ether oxygens (including phenoxy) is 2. The lowest BCUT2D eigenvalue weighted by Crippen LogP contribution is -2.56. The van der Waals surface area contributed by atoms with E-state index in [9.17, 15) is 28.8 Å². The van der Waals surface area contributed by atoms with E-state index in [1.165, 1.54) is 16.9 Å². The van der Waals surface area contributed by atoms with Crippen molar-refractivity contribution in [2.24, 2.45) is 11.8 Å². The van der Waals surface area contributed by atoms with Crippen LogP contribution in [0, 0.1) is 11.8 Å². The number of piperidine rings is 1. The van der Waals surface area contributed by atoms with Gasteiger partial charge in [0.05, 0.1) is 19.2 Å². The van der Waals surface area contributed by atoms with Crippen molar-refractivity contribution in [2.45, 2.75) is 63.6 Å². The molecule has 0 saturated carbocycles. The second kappa shape index (κ2) is 19.6. The number of benzene rings is 2. The summed E-state index contributed by atoms with van der Waals surface area (Å²) in [7, 11) is 4.91. The average molecular weight is 776 g/mol. The fourth-order valence-corrected chi connectivity index (χ4v) is 7.68. The molecular weight excluding hydrogens is 718 g/mol. The number of nitrogens with zero attached hydrogens (tertiary/aromatic N) is 4. The molecule has 3 heterocycles. The van der Waals surface area contributed by atoms with Crippen LogP contribution in [0.5, 0.6) is 5.75 Å². The Hall–Kier alpha value is -5.18. The summed E-state index contributed by atoms with van der Waals surface area (Å²) in [5, 5.41) is 8.90. The molecule has 0 radical (unpaired) electrons. The number of hydrogen-bond acceptors (Lipinski definition) is 8. The number of fused-ring (bicyclic) bond motifs is 4. The molecule has 3 N–H and O–H groups in total. The Morgan fingerprint density at radius 2 is 1.61 bits per heavy atom. The number of carbonyl (C=O) groups excluding carboxylic acids is 6. The molecule has 2 saturated heterocycles. The van der Waals surface area contributed by atoms with Crippen LogP contribution in [-0.2, 0) is 35.1 Å². The van der Waals surface area contributed by atoms with E-state index < -0.39 is 41.8 Å². The normalized spacial score (nSPS) is 23.0. The smallest absolute Gasteiger partial charge is 0.319 e. The number of hydrogen-bond donors (Lipinski definition) is 3. The first-order valence-electron chi connectivity index (χ1n) is 19.5. The first-order chi connectivity index (χ1) is 26.8.